The first-order valence-electron chi connectivity index (χ1n) is 9.19. The predicted octanol–water partition coefficient (Wildman–Crippen LogP) is 2.79. The van der Waals surface area contributed by atoms with Crippen LogP contribution in [-0.4, -0.2) is 49.5 Å². The van der Waals surface area contributed by atoms with Gasteiger partial charge in [0, 0.05) is 57.6 Å². The number of benzene rings is 1. The van der Waals surface area contributed by atoms with Gasteiger partial charge in [-0.15, -0.1) is 0 Å². The molecule has 1 fully saturated rings. The lowest BCUT2D eigenvalue weighted by molar-refractivity contribution is -0.128. The Kier molecular flexibility index (Phi) is 5.87. The number of piperidine rings is 1. The summed E-state index contributed by atoms with van der Waals surface area (Å²) >= 11 is 0. The van der Waals surface area contributed by atoms with Gasteiger partial charge in [-0.05, 0) is 31.4 Å². The monoisotopic (exact) mass is 340 g/mol. The third-order valence-electron chi connectivity index (χ3n) is 4.77. The molecule has 1 aromatic heterocycles. The fourth-order valence-corrected chi connectivity index (χ4v) is 3.30. The standard InChI is InChI=1S/C20H28N4O/c1-23(2)19(25)10-11-21-15-17-14-16-8-4-5-9-18(16)22-20(17)24-12-6-3-7-13-24/h4-5,8-9,14,21H,3,6-7,10-13,15H2,1-2H3. The van der Waals surface area contributed by atoms with E-state index in [0.29, 0.717) is 13.0 Å². The average molecular weight is 340 g/mol. The number of hydrogen-bond donors (Lipinski definition) is 1. The van der Waals surface area contributed by atoms with Gasteiger partial charge in [0.2, 0.25) is 5.91 Å². The Morgan fingerprint density at radius 2 is 1.96 bits per heavy atom. The molecular weight excluding hydrogens is 312 g/mol. The van der Waals surface area contributed by atoms with Gasteiger partial charge < -0.3 is 15.1 Å². The van der Waals surface area contributed by atoms with Crippen LogP contribution in [0.15, 0.2) is 30.3 Å². The molecule has 0 radical (unpaired) electrons. The van der Waals surface area contributed by atoms with Crippen LogP contribution in [0.5, 0.6) is 0 Å². The molecule has 1 amide bonds. The number of nitrogens with one attached hydrogen (secondary N) is 1. The van der Waals surface area contributed by atoms with Crippen LogP contribution in [-0.2, 0) is 11.3 Å². The molecule has 0 atom stereocenters. The second-order valence-corrected chi connectivity index (χ2v) is 6.93. The average Bonchev–Trinajstić information content (AvgIpc) is 2.65. The molecular formula is C20H28N4O. The highest BCUT2D eigenvalue weighted by Gasteiger charge is 2.17. The van der Waals surface area contributed by atoms with Crippen molar-refractivity contribution in [3.8, 4) is 0 Å². The van der Waals surface area contributed by atoms with Crippen LogP contribution >= 0.6 is 0 Å². The van der Waals surface area contributed by atoms with Gasteiger partial charge in [-0.2, -0.15) is 0 Å². The molecule has 0 unspecified atom stereocenters. The molecule has 0 bridgehead atoms. The molecule has 134 valence electrons. The number of carbonyl (C=O) groups excluding carboxylic acids is 1. The second kappa shape index (κ2) is 8.30. The van der Waals surface area contributed by atoms with E-state index in [1.807, 2.05) is 6.07 Å². The normalized spacial score (nSPS) is 14.7. The largest absolute Gasteiger partial charge is 0.356 e. The van der Waals surface area contributed by atoms with Gasteiger partial charge in [0.25, 0.3) is 0 Å². The van der Waals surface area contributed by atoms with E-state index in [2.05, 4.69) is 34.5 Å². The topological polar surface area (TPSA) is 48.5 Å². The highest BCUT2D eigenvalue weighted by Crippen LogP contribution is 2.26. The van der Waals surface area contributed by atoms with Crippen LogP contribution in [0.2, 0.25) is 0 Å². The van der Waals surface area contributed by atoms with E-state index in [4.69, 9.17) is 4.98 Å². The molecule has 1 aromatic carbocycles. The predicted molar refractivity (Wildman–Crippen MR) is 103 cm³/mol. The van der Waals surface area contributed by atoms with Crippen LogP contribution in [0.3, 0.4) is 0 Å². The number of amides is 1. The molecule has 0 aliphatic carbocycles. The number of hydrogen-bond acceptors (Lipinski definition) is 4. The number of nitrogens with zero attached hydrogens (tertiary/aromatic N) is 3. The number of carbonyl (C=O) groups is 1. The van der Waals surface area contributed by atoms with Crippen LogP contribution in [0.1, 0.15) is 31.2 Å². The molecule has 3 rings (SSSR count). The van der Waals surface area contributed by atoms with E-state index in [1.54, 1.807) is 19.0 Å². The summed E-state index contributed by atoms with van der Waals surface area (Å²) in [4.78, 5) is 20.7. The number of anilines is 1. The fourth-order valence-electron chi connectivity index (χ4n) is 3.30. The van der Waals surface area contributed by atoms with Gasteiger partial charge in [0.1, 0.15) is 5.82 Å². The SMILES string of the molecule is CN(C)C(=O)CCNCc1cc2ccccc2nc1N1CCCCC1. The Morgan fingerprint density at radius 3 is 2.72 bits per heavy atom. The maximum Gasteiger partial charge on any atom is 0.223 e. The van der Waals surface area contributed by atoms with Crippen molar-refractivity contribution in [1.29, 1.82) is 0 Å². The number of para-hydroxylation sites is 1. The van der Waals surface area contributed by atoms with E-state index in [-0.39, 0.29) is 5.91 Å². The van der Waals surface area contributed by atoms with Crippen molar-refractivity contribution in [2.45, 2.75) is 32.2 Å². The van der Waals surface area contributed by atoms with Gasteiger partial charge in [-0.1, -0.05) is 18.2 Å². The number of rotatable bonds is 6. The number of pyridine rings is 1. The van der Waals surface area contributed by atoms with Crippen molar-refractivity contribution in [1.82, 2.24) is 15.2 Å². The summed E-state index contributed by atoms with van der Waals surface area (Å²) < 4.78 is 0. The maximum atomic E-state index is 11.7. The van der Waals surface area contributed by atoms with Crippen molar-refractivity contribution in [2.24, 2.45) is 0 Å². The molecule has 2 heterocycles. The molecule has 1 saturated heterocycles. The zero-order valence-corrected chi connectivity index (χ0v) is 15.3. The minimum Gasteiger partial charge on any atom is -0.356 e. The lowest BCUT2D eigenvalue weighted by Crippen LogP contribution is -2.32. The van der Waals surface area contributed by atoms with Crippen molar-refractivity contribution in [3.63, 3.8) is 0 Å². The summed E-state index contributed by atoms with van der Waals surface area (Å²) in [5.41, 5.74) is 2.27. The van der Waals surface area contributed by atoms with Gasteiger partial charge in [-0.3, -0.25) is 4.79 Å². The lowest BCUT2D eigenvalue weighted by Gasteiger charge is -2.30. The Labute approximate surface area is 150 Å². The summed E-state index contributed by atoms with van der Waals surface area (Å²) in [7, 11) is 3.59. The van der Waals surface area contributed by atoms with Crippen molar-refractivity contribution in [3.05, 3.63) is 35.9 Å². The highest BCUT2D eigenvalue weighted by molar-refractivity contribution is 5.82. The highest BCUT2D eigenvalue weighted by atomic mass is 16.2. The third kappa shape index (κ3) is 4.48. The Hall–Kier alpha value is -2.14. The molecule has 2 aromatic rings. The minimum absolute atomic E-state index is 0.153. The number of fused-ring (bicyclic) bond motifs is 1. The van der Waals surface area contributed by atoms with Gasteiger partial charge >= 0.3 is 0 Å². The molecule has 0 spiro atoms. The first-order chi connectivity index (χ1) is 12.1. The van der Waals surface area contributed by atoms with E-state index < -0.39 is 0 Å². The molecule has 25 heavy (non-hydrogen) atoms. The quantitative estimate of drug-likeness (QED) is 0.822. The van der Waals surface area contributed by atoms with Crippen LogP contribution in [0.25, 0.3) is 10.9 Å². The Bertz CT molecular complexity index is 723. The van der Waals surface area contributed by atoms with Crippen molar-refractivity contribution >= 4 is 22.6 Å². The summed E-state index contributed by atoms with van der Waals surface area (Å²) in [5, 5.41) is 4.59. The first-order valence-corrected chi connectivity index (χ1v) is 9.19. The summed E-state index contributed by atoms with van der Waals surface area (Å²) in [6, 6.07) is 10.5. The van der Waals surface area contributed by atoms with Crippen molar-refractivity contribution < 1.29 is 4.79 Å². The van der Waals surface area contributed by atoms with E-state index >= 15 is 0 Å². The van der Waals surface area contributed by atoms with E-state index in [9.17, 15) is 4.79 Å². The maximum absolute atomic E-state index is 11.7. The Balaban J connectivity index is 1.75. The first kappa shape index (κ1) is 17.7. The van der Waals surface area contributed by atoms with Crippen LogP contribution < -0.4 is 10.2 Å². The van der Waals surface area contributed by atoms with Gasteiger partial charge in [-0.25, -0.2) is 4.98 Å². The van der Waals surface area contributed by atoms with E-state index in [0.717, 1.165) is 31.0 Å². The molecule has 1 aliphatic heterocycles. The number of aromatic nitrogens is 1. The summed E-state index contributed by atoms with van der Waals surface area (Å²) in [5.74, 6) is 1.25. The second-order valence-electron chi connectivity index (χ2n) is 6.93. The third-order valence-corrected chi connectivity index (χ3v) is 4.77. The molecule has 5 nitrogen and oxygen atoms in total. The molecule has 1 aliphatic rings. The fraction of sp³-hybridized carbons (Fsp3) is 0.500. The smallest absolute Gasteiger partial charge is 0.223 e. The van der Waals surface area contributed by atoms with Crippen LogP contribution in [0, 0.1) is 0 Å². The van der Waals surface area contributed by atoms with Gasteiger partial charge in [0.15, 0.2) is 0 Å². The van der Waals surface area contributed by atoms with Crippen LogP contribution in [0.4, 0.5) is 5.82 Å². The molecule has 1 N–H and O–H groups in total. The minimum atomic E-state index is 0.153. The van der Waals surface area contributed by atoms with Gasteiger partial charge in [0.05, 0.1) is 5.52 Å². The lowest BCUT2D eigenvalue weighted by atomic mass is 10.1. The van der Waals surface area contributed by atoms with Crippen molar-refractivity contribution in [2.75, 3.05) is 38.6 Å². The molecule has 0 saturated carbocycles. The zero-order chi connectivity index (χ0) is 17.6. The van der Waals surface area contributed by atoms with E-state index in [1.165, 1.54) is 30.2 Å². The summed E-state index contributed by atoms with van der Waals surface area (Å²) in [6.45, 7) is 3.59. The molecule has 5 heteroatoms. The summed E-state index contributed by atoms with van der Waals surface area (Å²) in [6.07, 6.45) is 4.30. The zero-order valence-electron chi connectivity index (χ0n) is 15.3. The Morgan fingerprint density at radius 1 is 1.20 bits per heavy atom.